The van der Waals surface area contributed by atoms with Crippen LogP contribution in [0.2, 0.25) is 0 Å². The number of carboxylic acid groups (broad SMARTS) is 1. The lowest BCUT2D eigenvalue weighted by atomic mass is 10.0. The van der Waals surface area contributed by atoms with Gasteiger partial charge in [-0.25, -0.2) is 4.79 Å². The van der Waals surface area contributed by atoms with Gasteiger partial charge in [-0.15, -0.1) is 0 Å². The first-order chi connectivity index (χ1) is 17.0. The van der Waals surface area contributed by atoms with Gasteiger partial charge in [0.2, 0.25) is 0 Å². The van der Waals surface area contributed by atoms with Crippen molar-refractivity contribution in [1.29, 1.82) is 0 Å². The molecule has 5 rings (SSSR count). The number of likely N-dealkylation sites (N-methyl/N-ethyl adjacent to an activating group) is 1. The van der Waals surface area contributed by atoms with Crippen LogP contribution in [0, 0.1) is 0 Å². The standard InChI is InChI=1S/C28H28N4O3/c1-31-11-13-32(14-12-31)18-19-5-4-7-22(15-19)29-25-8-3-2-6-20(25)16-24-23-17-21(28(34)35)9-10-26(23)30-27(24)33/h2-10,15-17,29H,11-14,18H2,1H3,(H,30,33)(H,34,35)/b24-16-. The summed E-state index contributed by atoms with van der Waals surface area (Å²) in [7, 11) is 2.16. The maximum Gasteiger partial charge on any atom is 0.335 e. The van der Waals surface area contributed by atoms with Crippen molar-refractivity contribution in [2.24, 2.45) is 0 Å². The van der Waals surface area contributed by atoms with Gasteiger partial charge in [0.1, 0.15) is 0 Å². The average Bonchev–Trinajstić information content (AvgIpc) is 3.16. The highest BCUT2D eigenvalue weighted by atomic mass is 16.4. The zero-order chi connectivity index (χ0) is 24.4. The second kappa shape index (κ2) is 9.74. The van der Waals surface area contributed by atoms with Crippen LogP contribution >= 0.6 is 0 Å². The Morgan fingerprint density at radius 3 is 2.63 bits per heavy atom. The normalized spacial score (nSPS) is 17.3. The molecule has 35 heavy (non-hydrogen) atoms. The highest BCUT2D eigenvalue weighted by Gasteiger charge is 2.25. The van der Waals surface area contributed by atoms with Crippen LogP contribution in [0.1, 0.15) is 27.0 Å². The minimum absolute atomic E-state index is 0.148. The van der Waals surface area contributed by atoms with Crippen molar-refractivity contribution >= 4 is 40.6 Å². The Hall–Kier alpha value is -3.94. The Balaban J connectivity index is 1.39. The number of amides is 1. The van der Waals surface area contributed by atoms with Crippen molar-refractivity contribution in [3.05, 3.63) is 89.0 Å². The largest absolute Gasteiger partial charge is 0.478 e. The van der Waals surface area contributed by atoms with Gasteiger partial charge in [-0.2, -0.15) is 0 Å². The molecule has 0 radical (unpaired) electrons. The number of carbonyl (C=O) groups is 2. The molecule has 0 aromatic heterocycles. The van der Waals surface area contributed by atoms with Crippen molar-refractivity contribution < 1.29 is 14.7 Å². The van der Waals surface area contributed by atoms with Gasteiger partial charge in [-0.1, -0.05) is 30.3 Å². The van der Waals surface area contributed by atoms with E-state index in [-0.39, 0.29) is 11.5 Å². The number of nitrogens with zero attached hydrogens (tertiary/aromatic N) is 2. The predicted octanol–water partition coefficient (Wildman–Crippen LogP) is 4.37. The molecule has 2 aliphatic heterocycles. The first-order valence-corrected chi connectivity index (χ1v) is 11.7. The monoisotopic (exact) mass is 468 g/mol. The predicted molar refractivity (Wildman–Crippen MR) is 139 cm³/mol. The number of anilines is 3. The number of hydrogen-bond acceptors (Lipinski definition) is 5. The van der Waals surface area contributed by atoms with E-state index in [1.807, 2.05) is 36.4 Å². The molecule has 1 saturated heterocycles. The summed E-state index contributed by atoms with van der Waals surface area (Å²) in [5.41, 5.74) is 5.75. The molecule has 0 spiro atoms. The molecular weight excluding hydrogens is 440 g/mol. The van der Waals surface area contributed by atoms with Crippen molar-refractivity contribution in [2.45, 2.75) is 6.54 Å². The fourth-order valence-electron chi connectivity index (χ4n) is 4.52. The molecule has 2 aliphatic rings. The van der Waals surface area contributed by atoms with Gasteiger partial charge >= 0.3 is 5.97 Å². The first-order valence-electron chi connectivity index (χ1n) is 11.7. The molecule has 7 nitrogen and oxygen atoms in total. The summed E-state index contributed by atoms with van der Waals surface area (Å²) in [6.07, 6.45) is 1.81. The third-order valence-electron chi connectivity index (χ3n) is 6.52. The molecule has 3 aromatic carbocycles. The summed E-state index contributed by atoms with van der Waals surface area (Å²) in [6.45, 7) is 5.22. The summed E-state index contributed by atoms with van der Waals surface area (Å²) in [4.78, 5) is 28.9. The van der Waals surface area contributed by atoms with Gasteiger partial charge in [0.15, 0.2) is 0 Å². The minimum Gasteiger partial charge on any atom is -0.478 e. The Morgan fingerprint density at radius 2 is 1.83 bits per heavy atom. The Kier molecular flexibility index (Phi) is 6.35. The van der Waals surface area contributed by atoms with E-state index < -0.39 is 5.97 Å². The molecule has 0 atom stereocenters. The number of para-hydroxylation sites is 1. The number of rotatable bonds is 6. The highest BCUT2D eigenvalue weighted by Crippen LogP contribution is 2.35. The zero-order valence-corrected chi connectivity index (χ0v) is 19.6. The molecule has 0 bridgehead atoms. The summed E-state index contributed by atoms with van der Waals surface area (Å²) >= 11 is 0. The van der Waals surface area contributed by atoms with Gasteiger partial charge in [0.25, 0.3) is 5.91 Å². The SMILES string of the molecule is CN1CCN(Cc2cccc(Nc3ccccc3/C=C3\C(=O)Nc4ccc(C(=O)O)cc43)c2)CC1. The van der Waals surface area contributed by atoms with E-state index >= 15 is 0 Å². The van der Waals surface area contributed by atoms with E-state index in [0.717, 1.165) is 49.7 Å². The lowest BCUT2D eigenvalue weighted by Gasteiger charge is -2.32. The fraction of sp³-hybridized carbons (Fsp3) is 0.214. The smallest absolute Gasteiger partial charge is 0.335 e. The topological polar surface area (TPSA) is 84.9 Å². The third-order valence-corrected chi connectivity index (χ3v) is 6.52. The average molecular weight is 469 g/mol. The van der Waals surface area contributed by atoms with Crippen molar-refractivity contribution in [3.63, 3.8) is 0 Å². The summed E-state index contributed by atoms with van der Waals surface area (Å²) < 4.78 is 0. The number of hydrogen-bond donors (Lipinski definition) is 3. The van der Waals surface area contributed by atoms with Crippen molar-refractivity contribution in [1.82, 2.24) is 9.80 Å². The van der Waals surface area contributed by atoms with Crippen LogP contribution in [-0.4, -0.2) is 60.0 Å². The van der Waals surface area contributed by atoms with Crippen LogP contribution < -0.4 is 10.6 Å². The van der Waals surface area contributed by atoms with Gasteiger partial charge in [-0.05, 0) is 60.6 Å². The number of benzene rings is 3. The van der Waals surface area contributed by atoms with Crippen LogP contribution in [0.15, 0.2) is 66.7 Å². The van der Waals surface area contributed by atoms with Gasteiger partial charge in [-0.3, -0.25) is 9.69 Å². The third kappa shape index (κ3) is 5.11. The van der Waals surface area contributed by atoms with Crippen molar-refractivity contribution in [3.8, 4) is 0 Å². The van der Waals surface area contributed by atoms with Crippen molar-refractivity contribution in [2.75, 3.05) is 43.9 Å². The maximum atomic E-state index is 12.7. The van der Waals surface area contributed by atoms with E-state index in [0.29, 0.717) is 16.8 Å². The summed E-state index contributed by atoms with van der Waals surface area (Å²) in [5.74, 6) is -1.27. The van der Waals surface area contributed by atoms with E-state index in [4.69, 9.17) is 0 Å². The molecule has 3 N–H and O–H groups in total. The van der Waals surface area contributed by atoms with Crippen LogP contribution in [0.5, 0.6) is 0 Å². The molecule has 0 unspecified atom stereocenters. The molecule has 0 aliphatic carbocycles. The maximum absolute atomic E-state index is 12.7. The number of fused-ring (bicyclic) bond motifs is 1. The number of carboxylic acids is 1. The molecule has 1 fully saturated rings. The van der Waals surface area contributed by atoms with E-state index in [2.05, 4.69) is 45.7 Å². The van der Waals surface area contributed by atoms with E-state index in [1.54, 1.807) is 12.1 Å². The van der Waals surface area contributed by atoms with Crippen LogP contribution in [0.25, 0.3) is 11.6 Å². The molecule has 1 amide bonds. The quantitative estimate of drug-likeness (QED) is 0.466. The van der Waals surface area contributed by atoms with E-state index in [1.165, 1.54) is 11.6 Å². The van der Waals surface area contributed by atoms with E-state index in [9.17, 15) is 14.7 Å². The minimum atomic E-state index is -1.02. The van der Waals surface area contributed by atoms with Gasteiger partial charge in [0.05, 0.1) is 5.56 Å². The number of carbonyl (C=O) groups excluding carboxylic acids is 1. The molecule has 0 saturated carbocycles. The van der Waals surface area contributed by atoms with Gasteiger partial charge in [0, 0.05) is 60.9 Å². The second-order valence-electron chi connectivity index (χ2n) is 9.07. The molecule has 178 valence electrons. The Labute approximate surface area is 204 Å². The first kappa shape index (κ1) is 22.8. The van der Waals surface area contributed by atoms with Crippen LogP contribution in [0.4, 0.5) is 17.1 Å². The zero-order valence-electron chi connectivity index (χ0n) is 19.6. The second-order valence-corrected chi connectivity index (χ2v) is 9.07. The Bertz CT molecular complexity index is 1310. The lowest BCUT2D eigenvalue weighted by Crippen LogP contribution is -2.43. The highest BCUT2D eigenvalue weighted by molar-refractivity contribution is 6.35. The van der Waals surface area contributed by atoms with Gasteiger partial charge < -0.3 is 20.6 Å². The van der Waals surface area contributed by atoms with Crippen LogP contribution in [0.3, 0.4) is 0 Å². The molecule has 3 aromatic rings. The number of piperazine rings is 1. The fourth-order valence-corrected chi connectivity index (χ4v) is 4.52. The molecular formula is C28H28N4O3. The lowest BCUT2D eigenvalue weighted by molar-refractivity contribution is -0.110. The Morgan fingerprint density at radius 1 is 1.03 bits per heavy atom. The van der Waals surface area contributed by atoms with Crippen LogP contribution in [-0.2, 0) is 11.3 Å². The summed E-state index contributed by atoms with van der Waals surface area (Å²) in [6, 6.07) is 20.9. The summed E-state index contributed by atoms with van der Waals surface area (Å²) in [5, 5.41) is 15.7. The molecule has 2 heterocycles. The molecule has 7 heteroatoms. The number of nitrogens with one attached hydrogen (secondary N) is 2. The number of aromatic carboxylic acids is 1.